The summed E-state index contributed by atoms with van der Waals surface area (Å²) in [5, 5.41) is 15.3. The molecule has 34 heavy (non-hydrogen) atoms. The molecule has 6 aliphatic rings. The quantitative estimate of drug-likeness (QED) is 0.732. The van der Waals surface area contributed by atoms with E-state index in [9.17, 15) is 9.59 Å². The van der Waals surface area contributed by atoms with E-state index in [1.54, 1.807) is 0 Å². The molecule has 4 bridgehead atoms. The van der Waals surface area contributed by atoms with E-state index in [2.05, 4.69) is 20.8 Å². The maximum absolute atomic E-state index is 13.9. The molecule has 1 aromatic heterocycles. The molecule has 5 aliphatic carbocycles. The fourth-order valence-corrected chi connectivity index (χ4v) is 7.87. The van der Waals surface area contributed by atoms with Crippen molar-refractivity contribution in [3.8, 4) is 11.4 Å². The van der Waals surface area contributed by atoms with Gasteiger partial charge >= 0.3 is 0 Å². The first-order valence-electron chi connectivity index (χ1n) is 13.1. The van der Waals surface area contributed by atoms with Crippen molar-refractivity contribution in [2.24, 2.45) is 23.2 Å². The summed E-state index contributed by atoms with van der Waals surface area (Å²) in [4.78, 5) is 29.2. The van der Waals surface area contributed by atoms with E-state index in [1.807, 2.05) is 33.8 Å². The number of carbonyl (C=O) groups excluding carboxylic acids is 2. The summed E-state index contributed by atoms with van der Waals surface area (Å²) in [6.45, 7) is 0.703. The predicted molar refractivity (Wildman–Crippen MR) is 125 cm³/mol. The topological polar surface area (TPSA) is 93.0 Å². The molecular weight excluding hydrogens is 428 g/mol. The number of nitrogens with zero attached hydrogens (tertiary/aromatic N) is 5. The summed E-state index contributed by atoms with van der Waals surface area (Å²) in [5.41, 5.74) is 1.42. The van der Waals surface area contributed by atoms with Gasteiger partial charge in [-0.15, -0.1) is 5.10 Å². The first-order valence-corrected chi connectivity index (χ1v) is 13.1. The molecule has 1 aromatic carbocycles. The van der Waals surface area contributed by atoms with Gasteiger partial charge in [0.25, 0.3) is 0 Å². The lowest BCUT2D eigenvalue weighted by atomic mass is 9.49. The maximum Gasteiger partial charge on any atom is 0.247 e. The molecule has 2 aromatic rings. The van der Waals surface area contributed by atoms with Crippen molar-refractivity contribution in [1.82, 2.24) is 25.1 Å². The highest BCUT2D eigenvalue weighted by atomic mass is 16.2. The number of rotatable bonds is 5. The Balaban J connectivity index is 1.09. The van der Waals surface area contributed by atoms with Crippen LogP contribution in [0.5, 0.6) is 0 Å². The molecule has 8 rings (SSSR count). The normalized spacial score (nSPS) is 33.9. The van der Waals surface area contributed by atoms with Crippen LogP contribution in [0.3, 0.4) is 0 Å². The molecule has 2 heterocycles. The van der Waals surface area contributed by atoms with Gasteiger partial charge in [-0.3, -0.25) is 9.59 Å². The van der Waals surface area contributed by atoms with E-state index in [1.165, 1.54) is 19.3 Å². The average molecular weight is 461 g/mol. The van der Waals surface area contributed by atoms with Gasteiger partial charge in [0.1, 0.15) is 6.04 Å². The molecule has 1 N–H and O–H groups in total. The van der Waals surface area contributed by atoms with Gasteiger partial charge in [-0.05, 0) is 105 Å². The van der Waals surface area contributed by atoms with Crippen molar-refractivity contribution in [2.45, 2.75) is 76.3 Å². The molecule has 0 spiro atoms. The summed E-state index contributed by atoms with van der Waals surface area (Å²) in [6.07, 6.45) is 10.9. The average Bonchev–Trinajstić information content (AvgIpc) is 3.34. The van der Waals surface area contributed by atoms with Gasteiger partial charge in [0, 0.05) is 17.8 Å². The Kier molecular flexibility index (Phi) is 4.61. The van der Waals surface area contributed by atoms with Gasteiger partial charge < -0.3 is 10.2 Å². The minimum atomic E-state index is -0.374. The molecule has 5 saturated carbocycles. The third kappa shape index (κ3) is 3.36. The molecule has 8 heteroatoms. The fraction of sp³-hybridized carbons (Fsp3) is 0.654. The Labute approximate surface area is 199 Å². The molecule has 8 nitrogen and oxygen atoms in total. The van der Waals surface area contributed by atoms with E-state index in [-0.39, 0.29) is 23.3 Å². The maximum atomic E-state index is 13.9. The fourth-order valence-electron chi connectivity index (χ4n) is 7.87. The van der Waals surface area contributed by atoms with Gasteiger partial charge in [0.15, 0.2) is 5.82 Å². The number of tetrazole rings is 1. The Morgan fingerprint density at radius 1 is 1.00 bits per heavy atom. The van der Waals surface area contributed by atoms with Gasteiger partial charge in [-0.1, -0.05) is 12.1 Å². The van der Waals surface area contributed by atoms with Crippen molar-refractivity contribution in [2.75, 3.05) is 11.9 Å². The lowest BCUT2D eigenvalue weighted by Crippen LogP contribution is -2.56. The number of hydrogen-bond acceptors (Lipinski definition) is 5. The van der Waals surface area contributed by atoms with Gasteiger partial charge in [-0.25, -0.2) is 4.68 Å². The highest BCUT2D eigenvalue weighted by Crippen LogP contribution is 2.60. The summed E-state index contributed by atoms with van der Waals surface area (Å²) in [5.74, 6) is 3.09. The third-order valence-electron chi connectivity index (χ3n) is 9.08. The number of amides is 2. The van der Waals surface area contributed by atoms with E-state index in [4.69, 9.17) is 0 Å². The number of nitrogens with one attached hydrogen (secondary N) is 1. The predicted octanol–water partition coefficient (Wildman–Crippen LogP) is 3.82. The van der Waals surface area contributed by atoms with Crippen LogP contribution < -0.4 is 5.32 Å². The van der Waals surface area contributed by atoms with E-state index < -0.39 is 0 Å². The standard InChI is InChI=1S/C26H32N6O2/c33-24(27-20-4-1-3-19(12-20)23-28-29-30-32(23)21-6-7-21)22-5-2-8-31(22)25(34)26-13-16-9-17(14-26)11-18(10-16)15-26/h1,3-4,12,16-18,21-22H,2,5-11,13-15H2,(H,27,33). The summed E-state index contributed by atoms with van der Waals surface area (Å²) >= 11 is 0. The molecule has 2 amide bonds. The van der Waals surface area contributed by atoms with Crippen molar-refractivity contribution in [3.05, 3.63) is 24.3 Å². The van der Waals surface area contributed by atoms with Crippen LogP contribution in [0, 0.1) is 23.2 Å². The summed E-state index contributed by atoms with van der Waals surface area (Å²) < 4.78 is 1.88. The monoisotopic (exact) mass is 460 g/mol. The van der Waals surface area contributed by atoms with Crippen molar-refractivity contribution < 1.29 is 9.59 Å². The van der Waals surface area contributed by atoms with Crippen molar-refractivity contribution in [1.29, 1.82) is 0 Å². The van der Waals surface area contributed by atoms with Gasteiger partial charge in [-0.2, -0.15) is 0 Å². The lowest BCUT2D eigenvalue weighted by molar-refractivity contribution is -0.160. The zero-order chi connectivity index (χ0) is 22.9. The van der Waals surface area contributed by atoms with Crippen LogP contribution in [0.2, 0.25) is 0 Å². The Bertz CT molecular complexity index is 1100. The summed E-state index contributed by atoms with van der Waals surface area (Å²) in [7, 11) is 0. The first kappa shape index (κ1) is 20.6. The minimum Gasteiger partial charge on any atom is -0.330 e. The van der Waals surface area contributed by atoms with Crippen LogP contribution in [0.15, 0.2) is 24.3 Å². The molecule has 0 radical (unpaired) electrons. The first-order chi connectivity index (χ1) is 16.6. The number of carbonyl (C=O) groups is 2. The molecule has 1 unspecified atom stereocenters. The molecular formula is C26H32N6O2. The molecule has 178 valence electrons. The second-order valence-electron chi connectivity index (χ2n) is 11.6. The number of likely N-dealkylation sites (tertiary alicyclic amines) is 1. The lowest BCUT2D eigenvalue weighted by Gasteiger charge is -2.56. The second kappa shape index (κ2) is 7.62. The highest BCUT2D eigenvalue weighted by molar-refractivity contribution is 5.98. The Morgan fingerprint density at radius 3 is 2.44 bits per heavy atom. The zero-order valence-corrected chi connectivity index (χ0v) is 19.5. The Hall–Kier alpha value is -2.77. The van der Waals surface area contributed by atoms with Crippen LogP contribution in [-0.4, -0.2) is 49.5 Å². The van der Waals surface area contributed by atoms with Crippen LogP contribution >= 0.6 is 0 Å². The van der Waals surface area contributed by atoms with Crippen LogP contribution in [0.25, 0.3) is 11.4 Å². The van der Waals surface area contributed by atoms with Crippen molar-refractivity contribution in [3.63, 3.8) is 0 Å². The van der Waals surface area contributed by atoms with E-state index in [0.717, 1.165) is 79.8 Å². The molecule has 1 aliphatic heterocycles. The zero-order valence-electron chi connectivity index (χ0n) is 19.5. The van der Waals surface area contributed by atoms with Gasteiger partial charge in [0.05, 0.1) is 11.5 Å². The largest absolute Gasteiger partial charge is 0.330 e. The number of benzene rings is 1. The van der Waals surface area contributed by atoms with Crippen LogP contribution in [-0.2, 0) is 9.59 Å². The third-order valence-corrected chi connectivity index (χ3v) is 9.08. The second-order valence-corrected chi connectivity index (χ2v) is 11.6. The van der Waals surface area contributed by atoms with Crippen LogP contribution in [0.4, 0.5) is 5.69 Å². The molecule has 1 saturated heterocycles. The SMILES string of the molecule is O=C(Nc1cccc(-c2nnnn2C2CC2)c1)C1CCCN1C(=O)C12CC3CC(CC(C3)C1)C2. The number of aromatic nitrogens is 4. The van der Waals surface area contributed by atoms with Crippen LogP contribution in [0.1, 0.15) is 70.3 Å². The van der Waals surface area contributed by atoms with Gasteiger partial charge in [0.2, 0.25) is 11.8 Å². The van der Waals surface area contributed by atoms with E-state index in [0.29, 0.717) is 12.6 Å². The minimum absolute atomic E-state index is 0.0745. The smallest absolute Gasteiger partial charge is 0.247 e. The molecule has 1 atom stereocenters. The highest BCUT2D eigenvalue weighted by Gasteiger charge is 2.56. The molecule has 6 fully saturated rings. The number of anilines is 1. The van der Waals surface area contributed by atoms with Crippen molar-refractivity contribution >= 4 is 17.5 Å². The van der Waals surface area contributed by atoms with E-state index >= 15 is 0 Å². The number of hydrogen-bond donors (Lipinski definition) is 1. The summed E-state index contributed by atoms with van der Waals surface area (Å²) in [6, 6.07) is 7.73. The Morgan fingerprint density at radius 2 is 1.74 bits per heavy atom.